The van der Waals surface area contributed by atoms with Crippen LogP contribution in [0.25, 0.3) is 0 Å². The maximum Gasteiger partial charge on any atom is 0.261 e. The smallest absolute Gasteiger partial charge is 0.261 e. The molecule has 2 aromatic carbocycles. The molecule has 6 nitrogen and oxygen atoms in total. The van der Waals surface area contributed by atoms with Crippen LogP contribution in [0, 0.1) is 0 Å². The van der Waals surface area contributed by atoms with Crippen molar-refractivity contribution in [3.63, 3.8) is 0 Å². The second-order valence-electron chi connectivity index (χ2n) is 7.06. The van der Waals surface area contributed by atoms with E-state index >= 15 is 0 Å². The Labute approximate surface area is 172 Å². The van der Waals surface area contributed by atoms with Crippen molar-refractivity contribution in [2.24, 2.45) is 0 Å². The summed E-state index contributed by atoms with van der Waals surface area (Å²) in [7, 11) is 1.60. The molecular weight excluding hydrogens is 368 g/mol. The first-order valence-corrected chi connectivity index (χ1v) is 9.85. The van der Waals surface area contributed by atoms with Crippen molar-refractivity contribution < 1.29 is 19.1 Å². The predicted octanol–water partition coefficient (Wildman–Crippen LogP) is 3.41. The summed E-state index contributed by atoms with van der Waals surface area (Å²) in [5.41, 5.74) is 0.883. The van der Waals surface area contributed by atoms with E-state index in [1.807, 2.05) is 63.2 Å². The first kappa shape index (κ1) is 22.3. The van der Waals surface area contributed by atoms with Crippen LogP contribution in [0.5, 0.6) is 11.5 Å². The van der Waals surface area contributed by atoms with Gasteiger partial charge in [0.1, 0.15) is 17.5 Å². The molecule has 0 saturated heterocycles. The Hall–Kier alpha value is -3.02. The van der Waals surface area contributed by atoms with Gasteiger partial charge >= 0.3 is 0 Å². The zero-order chi connectivity index (χ0) is 21.2. The molecule has 0 radical (unpaired) electrons. The maximum absolute atomic E-state index is 13.1. The molecule has 0 fully saturated rings. The molecule has 0 bridgehead atoms. The molecule has 156 valence electrons. The van der Waals surface area contributed by atoms with Crippen molar-refractivity contribution in [2.75, 3.05) is 13.7 Å². The van der Waals surface area contributed by atoms with E-state index in [0.717, 1.165) is 5.56 Å². The van der Waals surface area contributed by atoms with Gasteiger partial charge in [-0.15, -0.1) is 0 Å². The monoisotopic (exact) mass is 398 g/mol. The molecular formula is C23H30N2O4. The molecule has 0 spiro atoms. The van der Waals surface area contributed by atoms with E-state index in [9.17, 15) is 9.59 Å². The molecule has 1 N–H and O–H groups in total. The molecule has 2 amide bonds. The van der Waals surface area contributed by atoms with Crippen LogP contribution in [0.4, 0.5) is 0 Å². The van der Waals surface area contributed by atoms with Crippen LogP contribution < -0.4 is 14.8 Å². The third kappa shape index (κ3) is 6.82. The van der Waals surface area contributed by atoms with E-state index in [2.05, 4.69) is 5.32 Å². The van der Waals surface area contributed by atoms with Crippen molar-refractivity contribution in [3.05, 3.63) is 60.2 Å². The zero-order valence-corrected chi connectivity index (χ0v) is 17.6. The number of rotatable bonds is 10. The summed E-state index contributed by atoms with van der Waals surface area (Å²) in [5.74, 6) is 0.901. The number of hydrogen-bond donors (Lipinski definition) is 1. The zero-order valence-electron chi connectivity index (χ0n) is 17.6. The van der Waals surface area contributed by atoms with E-state index < -0.39 is 6.04 Å². The second-order valence-corrected chi connectivity index (χ2v) is 7.06. The van der Waals surface area contributed by atoms with E-state index in [1.165, 1.54) is 0 Å². The molecule has 6 heteroatoms. The summed E-state index contributed by atoms with van der Waals surface area (Å²) < 4.78 is 10.9. The SMILES string of the molecule is CC[C@@H](C(=O)NC(C)C)N(Cc1cccc(OC)c1)C(=O)COc1ccccc1. The van der Waals surface area contributed by atoms with Gasteiger partial charge in [-0.2, -0.15) is 0 Å². The summed E-state index contributed by atoms with van der Waals surface area (Å²) in [5, 5.41) is 2.91. The number of methoxy groups -OCH3 is 1. The third-order valence-corrected chi connectivity index (χ3v) is 4.41. The Bertz CT molecular complexity index is 792. The number of amides is 2. The summed E-state index contributed by atoms with van der Waals surface area (Å²) in [6, 6.07) is 16.1. The fourth-order valence-electron chi connectivity index (χ4n) is 3.01. The van der Waals surface area contributed by atoms with Crippen LogP contribution in [0.2, 0.25) is 0 Å². The largest absolute Gasteiger partial charge is 0.497 e. The van der Waals surface area contributed by atoms with E-state index in [4.69, 9.17) is 9.47 Å². The number of carbonyl (C=O) groups excluding carboxylic acids is 2. The minimum absolute atomic E-state index is 0.00844. The van der Waals surface area contributed by atoms with E-state index in [-0.39, 0.29) is 31.0 Å². The van der Waals surface area contributed by atoms with Crippen molar-refractivity contribution >= 4 is 11.8 Å². The van der Waals surface area contributed by atoms with Crippen molar-refractivity contribution in [2.45, 2.75) is 45.8 Å². The lowest BCUT2D eigenvalue weighted by Gasteiger charge is -2.31. The molecule has 0 aliphatic rings. The highest BCUT2D eigenvalue weighted by Gasteiger charge is 2.29. The molecule has 2 aromatic rings. The van der Waals surface area contributed by atoms with E-state index in [1.54, 1.807) is 24.1 Å². The number of carbonyl (C=O) groups is 2. The number of hydrogen-bond acceptors (Lipinski definition) is 4. The fraction of sp³-hybridized carbons (Fsp3) is 0.391. The summed E-state index contributed by atoms with van der Waals surface area (Å²) in [6.45, 7) is 5.85. The van der Waals surface area contributed by atoms with Crippen molar-refractivity contribution in [3.8, 4) is 11.5 Å². The van der Waals surface area contributed by atoms with Gasteiger partial charge in [-0.05, 0) is 50.1 Å². The average Bonchev–Trinajstić information content (AvgIpc) is 2.72. The normalized spacial score (nSPS) is 11.6. The number of nitrogens with zero attached hydrogens (tertiary/aromatic N) is 1. The third-order valence-electron chi connectivity index (χ3n) is 4.41. The lowest BCUT2D eigenvalue weighted by molar-refractivity contribution is -0.143. The Kier molecular flexibility index (Phi) is 8.52. The summed E-state index contributed by atoms with van der Waals surface area (Å²) in [6.07, 6.45) is 0.500. The standard InChI is InChI=1S/C23H30N2O4/c1-5-21(23(27)24-17(2)3)25(15-18-10-9-13-20(14-18)28-4)22(26)16-29-19-11-7-6-8-12-19/h6-14,17,21H,5,15-16H2,1-4H3,(H,24,27)/t21-/m0/s1. The first-order valence-electron chi connectivity index (χ1n) is 9.85. The minimum atomic E-state index is -0.588. The topological polar surface area (TPSA) is 67.9 Å². The predicted molar refractivity (Wildman–Crippen MR) is 113 cm³/mol. The summed E-state index contributed by atoms with van der Waals surface area (Å²) >= 11 is 0. The highest BCUT2D eigenvalue weighted by Crippen LogP contribution is 2.18. The minimum Gasteiger partial charge on any atom is -0.497 e. The molecule has 0 unspecified atom stereocenters. The van der Waals surface area contributed by atoms with Gasteiger partial charge in [0.2, 0.25) is 5.91 Å². The van der Waals surface area contributed by atoms with E-state index in [0.29, 0.717) is 17.9 Å². The van der Waals surface area contributed by atoms with Gasteiger partial charge < -0.3 is 19.7 Å². The average molecular weight is 399 g/mol. The molecule has 1 atom stereocenters. The molecule has 0 aliphatic carbocycles. The highest BCUT2D eigenvalue weighted by molar-refractivity contribution is 5.88. The van der Waals surface area contributed by atoms with Crippen molar-refractivity contribution in [1.29, 1.82) is 0 Å². The molecule has 0 heterocycles. The molecule has 0 saturated carbocycles. The van der Waals surface area contributed by atoms with Crippen molar-refractivity contribution in [1.82, 2.24) is 10.2 Å². The van der Waals surface area contributed by atoms with Gasteiger partial charge in [0, 0.05) is 12.6 Å². The Balaban J connectivity index is 2.22. The molecule has 0 aromatic heterocycles. The maximum atomic E-state index is 13.1. The highest BCUT2D eigenvalue weighted by atomic mass is 16.5. The number of benzene rings is 2. The van der Waals surface area contributed by atoms with Crippen LogP contribution in [-0.2, 0) is 16.1 Å². The van der Waals surface area contributed by atoms with Gasteiger partial charge in [-0.1, -0.05) is 37.3 Å². The quantitative estimate of drug-likeness (QED) is 0.666. The molecule has 29 heavy (non-hydrogen) atoms. The van der Waals surface area contributed by atoms with Gasteiger partial charge in [0.25, 0.3) is 5.91 Å². The van der Waals surface area contributed by atoms with Gasteiger partial charge in [0.05, 0.1) is 7.11 Å². The van der Waals surface area contributed by atoms with Crippen LogP contribution in [-0.4, -0.2) is 42.5 Å². The van der Waals surface area contributed by atoms with Gasteiger partial charge in [-0.25, -0.2) is 0 Å². The Morgan fingerprint density at radius 3 is 2.34 bits per heavy atom. The lowest BCUT2D eigenvalue weighted by Crippen LogP contribution is -2.51. The Morgan fingerprint density at radius 2 is 1.72 bits per heavy atom. The van der Waals surface area contributed by atoms with Crippen LogP contribution in [0.3, 0.4) is 0 Å². The van der Waals surface area contributed by atoms with Gasteiger partial charge in [-0.3, -0.25) is 9.59 Å². The second kappa shape index (κ2) is 11.1. The van der Waals surface area contributed by atoms with Crippen LogP contribution in [0.15, 0.2) is 54.6 Å². The lowest BCUT2D eigenvalue weighted by atomic mass is 10.1. The van der Waals surface area contributed by atoms with Gasteiger partial charge in [0.15, 0.2) is 6.61 Å². The van der Waals surface area contributed by atoms with Crippen LogP contribution in [0.1, 0.15) is 32.8 Å². The summed E-state index contributed by atoms with van der Waals surface area (Å²) in [4.78, 5) is 27.4. The first-order chi connectivity index (χ1) is 13.9. The van der Waals surface area contributed by atoms with Crippen LogP contribution >= 0.6 is 0 Å². The molecule has 2 rings (SSSR count). The Morgan fingerprint density at radius 1 is 1.03 bits per heavy atom. The fourth-order valence-corrected chi connectivity index (χ4v) is 3.01. The number of para-hydroxylation sites is 1. The number of nitrogens with one attached hydrogen (secondary N) is 1. The molecule has 0 aliphatic heterocycles. The number of ether oxygens (including phenoxy) is 2.